The summed E-state index contributed by atoms with van der Waals surface area (Å²) in [7, 11) is 0. The molecular formula is C22H20N4O3. The van der Waals surface area contributed by atoms with E-state index in [0.29, 0.717) is 53.3 Å². The maximum atomic E-state index is 13.0. The minimum Gasteiger partial charge on any atom is -0.379 e. The zero-order chi connectivity index (χ0) is 20.0. The monoisotopic (exact) mass is 388 g/mol. The fourth-order valence-corrected chi connectivity index (χ4v) is 4.02. The van der Waals surface area contributed by atoms with Gasteiger partial charge in [-0.3, -0.25) is 14.5 Å². The fourth-order valence-electron chi connectivity index (χ4n) is 4.02. The van der Waals surface area contributed by atoms with Crippen molar-refractivity contribution in [3.63, 3.8) is 0 Å². The quantitative estimate of drug-likeness (QED) is 0.580. The first-order valence-corrected chi connectivity index (χ1v) is 9.67. The number of rotatable bonds is 3. The third kappa shape index (κ3) is 3.08. The van der Waals surface area contributed by atoms with Gasteiger partial charge >= 0.3 is 0 Å². The maximum absolute atomic E-state index is 13.0. The van der Waals surface area contributed by atoms with Crippen LogP contribution in [0.25, 0.3) is 22.2 Å². The number of hydrogen-bond donors (Lipinski definition) is 1. The molecule has 1 N–H and O–H groups in total. The molecule has 0 spiro atoms. The van der Waals surface area contributed by atoms with Gasteiger partial charge in [0.05, 0.1) is 36.7 Å². The number of benzene rings is 2. The van der Waals surface area contributed by atoms with Gasteiger partial charge in [-0.1, -0.05) is 24.3 Å². The Morgan fingerprint density at radius 3 is 2.62 bits per heavy atom. The highest BCUT2D eigenvalue weighted by molar-refractivity contribution is 6.26. The van der Waals surface area contributed by atoms with E-state index in [-0.39, 0.29) is 11.7 Å². The van der Waals surface area contributed by atoms with Crippen molar-refractivity contribution >= 4 is 28.3 Å². The number of anilines is 1. The summed E-state index contributed by atoms with van der Waals surface area (Å²) in [6.45, 7) is 4.88. The molecule has 29 heavy (non-hydrogen) atoms. The molecule has 1 aliphatic heterocycles. The molecule has 0 radical (unpaired) electrons. The molecular weight excluding hydrogens is 368 g/mol. The van der Waals surface area contributed by atoms with Crippen LogP contribution in [0, 0.1) is 6.92 Å². The lowest BCUT2D eigenvalue weighted by Gasteiger charge is -2.26. The molecule has 1 amide bonds. The van der Waals surface area contributed by atoms with Crippen molar-refractivity contribution in [2.24, 2.45) is 0 Å². The summed E-state index contributed by atoms with van der Waals surface area (Å²) in [5.74, 6) is 0.441. The van der Waals surface area contributed by atoms with Gasteiger partial charge in [0.1, 0.15) is 5.82 Å². The Labute approximate surface area is 167 Å². The van der Waals surface area contributed by atoms with E-state index in [1.807, 2.05) is 31.2 Å². The van der Waals surface area contributed by atoms with Gasteiger partial charge in [0.15, 0.2) is 5.78 Å². The molecule has 0 atom stereocenters. The Morgan fingerprint density at radius 2 is 1.83 bits per heavy atom. The van der Waals surface area contributed by atoms with Crippen LogP contribution in [-0.4, -0.2) is 59.4 Å². The van der Waals surface area contributed by atoms with E-state index in [9.17, 15) is 9.59 Å². The summed E-state index contributed by atoms with van der Waals surface area (Å²) in [4.78, 5) is 36.9. The van der Waals surface area contributed by atoms with Crippen molar-refractivity contribution in [2.75, 3.05) is 38.2 Å². The van der Waals surface area contributed by atoms with Crippen molar-refractivity contribution in [3.8, 4) is 11.3 Å². The van der Waals surface area contributed by atoms with Gasteiger partial charge in [0.2, 0.25) is 5.91 Å². The van der Waals surface area contributed by atoms with Gasteiger partial charge < -0.3 is 10.1 Å². The van der Waals surface area contributed by atoms with E-state index < -0.39 is 0 Å². The highest BCUT2D eigenvalue weighted by atomic mass is 16.5. The van der Waals surface area contributed by atoms with Gasteiger partial charge in [-0.25, -0.2) is 9.97 Å². The molecule has 2 heterocycles. The standard InChI is InChI=1S/C22H20N4O3/c1-13-23-20-14-4-2-3-5-15(14)22(28)16-6-7-17(21(24-13)19(16)20)25-18(27)12-26-8-10-29-11-9-26/h2-7H,8-12H2,1H3,(H,25,27). The zero-order valence-corrected chi connectivity index (χ0v) is 16.1. The van der Waals surface area contributed by atoms with Gasteiger partial charge in [0.25, 0.3) is 0 Å². The molecule has 2 aliphatic rings. The van der Waals surface area contributed by atoms with Crippen LogP contribution in [0.3, 0.4) is 0 Å². The molecule has 7 heteroatoms. The Bertz CT molecular complexity index is 1150. The van der Waals surface area contributed by atoms with Crippen LogP contribution in [0.2, 0.25) is 0 Å². The number of nitrogens with zero attached hydrogens (tertiary/aromatic N) is 3. The minimum atomic E-state index is -0.109. The molecule has 2 aromatic carbocycles. The first kappa shape index (κ1) is 17.9. The van der Waals surface area contributed by atoms with Crippen LogP contribution in [0.1, 0.15) is 21.7 Å². The van der Waals surface area contributed by atoms with Gasteiger partial charge in [-0.15, -0.1) is 0 Å². The van der Waals surface area contributed by atoms with Gasteiger partial charge in [0, 0.05) is 35.2 Å². The number of amides is 1. The number of hydrogen-bond acceptors (Lipinski definition) is 6. The van der Waals surface area contributed by atoms with E-state index in [4.69, 9.17) is 4.74 Å². The summed E-state index contributed by atoms with van der Waals surface area (Å²) in [5.41, 5.74) is 3.95. The summed E-state index contributed by atoms with van der Waals surface area (Å²) in [5, 5.41) is 3.68. The van der Waals surface area contributed by atoms with E-state index in [2.05, 4.69) is 20.2 Å². The number of carbonyl (C=O) groups excluding carboxylic acids is 2. The molecule has 1 aliphatic carbocycles. The lowest BCUT2D eigenvalue weighted by molar-refractivity contribution is -0.118. The third-order valence-electron chi connectivity index (χ3n) is 5.38. The lowest BCUT2D eigenvalue weighted by atomic mass is 9.86. The summed E-state index contributed by atoms with van der Waals surface area (Å²) in [6, 6.07) is 11.0. The molecule has 0 unspecified atom stereocenters. The van der Waals surface area contributed by atoms with E-state index in [1.165, 1.54) is 0 Å². The summed E-state index contributed by atoms with van der Waals surface area (Å²) >= 11 is 0. The molecule has 7 nitrogen and oxygen atoms in total. The van der Waals surface area contributed by atoms with Crippen LogP contribution < -0.4 is 5.32 Å². The van der Waals surface area contributed by atoms with E-state index in [1.54, 1.807) is 12.1 Å². The number of aromatic nitrogens is 2. The Morgan fingerprint density at radius 1 is 1.07 bits per heavy atom. The second-order valence-electron chi connectivity index (χ2n) is 7.32. The predicted octanol–water partition coefficient (Wildman–Crippen LogP) is 2.42. The number of ketones is 1. The average Bonchev–Trinajstić information content (AvgIpc) is 2.73. The van der Waals surface area contributed by atoms with Crippen LogP contribution in [-0.2, 0) is 9.53 Å². The maximum Gasteiger partial charge on any atom is 0.238 e. The van der Waals surface area contributed by atoms with Crippen LogP contribution in [0.15, 0.2) is 36.4 Å². The topological polar surface area (TPSA) is 84.4 Å². The third-order valence-corrected chi connectivity index (χ3v) is 5.38. The number of carbonyl (C=O) groups is 2. The second-order valence-corrected chi connectivity index (χ2v) is 7.32. The molecule has 3 aromatic rings. The first-order chi connectivity index (χ1) is 14.1. The molecule has 1 aromatic heterocycles. The Hall–Kier alpha value is -3.16. The molecule has 1 saturated heterocycles. The highest BCUT2D eigenvalue weighted by Crippen LogP contribution is 2.39. The smallest absolute Gasteiger partial charge is 0.238 e. The number of nitrogens with one attached hydrogen (secondary N) is 1. The van der Waals surface area contributed by atoms with Crippen LogP contribution in [0.4, 0.5) is 5.69 Å². The van der Waals surface area contributed by atoms with Crippen molar-refractivity contribution in [1.29, 1.82) is 0 Å². The second kappa shape index (κ2) is 7.02. The van der Waals surface area contributed by atoms with Crippen molar-refractivity contribution < 1.29 is 14.3 Å². The zero-order valence-electron chi connectivity index (χ0n) is 16.1. The van der Waals surface area contributed by atoms with Crippen molar-refractivity contribution in [3.05, 3.63) is 53.3 Å². The summed E-state index contributed by atoms with van der Waals surface area (Å²) in [6.07, 6.45) is 0. The minimum absolute atomic E-state index is 0.0447. The normalized spacial score (nSPS) is 16.0. The number of ether oxygens (including phenoxy) is 1. The Kier molecular flexibility index (Phi) is 4.34. The Balaban J connectivity index is 1.57. The largest absolute Gasteiger partial charge is 0.379 e. The molecule has 0 saturated carbocycles. The number of aryl methyl sites for hydroxylation is 1. The lowest BCUT2D eigenvalue weighted by Crippen LogP contribution is -2.41. The van der Waals surface area contributed by atoms with Gasteiger partial charge in [-0.05, 0) is 19.1 Å². The van der Waals surface area contributed by atoms with Crippen molar-refractivity contribution in [2.45, 2.75) is 6.92 Å². The molecule has 0 bridgehead atoms. The summed E-state index contributed by atoms with van der Waals surface area (Å²) < 4.78 is 5.33. The number of morpholine rings is 1. The van der Waals surface area contributed by atoms with Crippen LogP contribution in [0.5, 0.6) is 0 Å². The van der Waals surface area contributed by atoms with Crippen molar-refractivity contribution in [1.82, 2.24) is 14.9 Å². The van der Waals surface area contributed by atoms with E-state index in [0.717, 1.165) is 24.3 Å². The van der Waals surface area contributed by atoms with Gasteiger partial charge in [-0.2, -0.15) is 0 Å². The number of fused-ring (bicyclic) bond motifs is 2. The van der Waals surface area contributed by atoms with E-state index >= 15 is 0 Å². The SMILES string of the molecule is Cc1nc2c3c(ccc(NC(=O)CN4CCOCC4)c3n1)C(=O)c1ccccc1-2. The predicted molar refractivity (Wildman–Crippen MR) is 109 cm³/mol. The molecule has 146 valence electrons. The molecule has 1 fully saturated rings. The average molecular weight is 388 g/mol. The van der Waals surface area contributed by atoms with Crippen LogP contribution >= 0.6 is 0 Å². The molecule has 5 rings (SSSR count). The fraction of sp³-hybridized carbons (Fsp3) is 0.273. The first-order valence-electron chi connectivity index (χ1n) is 9.67. The highest BCUT2D eigenvalue weighted by Gasteiger charge is 2.28.